The van der Waals surface area contributed by atoms with Gasteiger partial charge in [0.1, 0.15) is 6.04 Å². The Bertz CT molecular complexity index is 520. The van der Waals surface area contributed by atoms with Gasteiger partial charge in [-0.3, -0.25) is 4.79 Å². The zero-order chi connectivity index (χ0) is 22.5. The number of nitrogens with one attached hydrogen (secondary N) is 1. The van der Waals surface area contributed by atoms with Crippen LogP contribution in [0.4, 0.5) is 0 Å². The van der Waals surface area contributed by atoms with Crippen LogP contribution in [0.25, 0.3) is 0 Å². The highest BCUT2D eigenvalue weighted by Crippen LogP contribution is 2.08. The molecular weight excluding hydrogens is 374 g/mol. The van der Waals surface area contributed by atoms with Gasteiger partial charge in [-0.15, -0.1) is 0 Å². The number of carbonyl (C=O) groups is 2. The van der Waals surface area contributed by atoms with Crippen molar-refractivity contribution < 1.29 is 14.7 Å². The lowest BCUT2D eigenvalue weighted by molar-refractivity contribution is -0.142. The Morgan fingerprint density at radius 2 is 1.33 bits per heavy atom. The minimum absolute atomic E-state index is 0.148. The van der Waals surface area contributed by atoms with Crippen molar-refractivity contribution in [1.29, 1.82) is 0 Å². The number of aliphatic carboxylic acids is 1. The van der Waals surface area contributed by atoms with Gasteiger partial charge in [-0.05, 0) is 57.3 Å². The largest absolute Gasteiger partial charge is 0.480 e. The molecule has 0 spiro atoms. The second-order valence-corrected chi connectivity index (χ2v) is 8.42. The highest BCUT2D eigenvalue weighted by Gasteiger charge is 2.20. The molecule has 0 aliphatic carbocycles. The van der Waals surface area contributed by atoms with Crippen LogP contribution in [0, 0.1) is 5.92 Å². The molecule has 0 unspecified atom stereocenters. The third-order valence-corrected chi connectivity index (χ3v) is 4.88. The Hall–Kier alpha value is -1.84. The van der Waals surface area contributed by atoms with Crippen molar-refractivity contribution in [2.45, 2.75) is 110 Å². The van der Waals surface area contributed by atoms with Gasteiger partial charge < -0.3 is 10.4 Å². The first-order valence-corrected chi connectivity index (χ1v) is 11.9. The monoisotopic (exact) mass is 419 g/mol. The molecule has 4 heteroatoms. The van der Waals surface area contributed by atoms with Gasteiger partial charge in [0.05, 0.1) is 0 Å². The predicted octanol–water partition coefficient (Wildman–Crippen LogP) is 6.97. The summed E-state index contributed by atoms with van der Waals surface area (Å²) < 4.78 is 0. The number of hydrogen-bond acceptors (Lipinski definition) is 2. The van der Waals surface area contributed by atoms with E-state index in [1.165, 1.54) is 25.7 Å². The average Bonchev–Trinajstić information content (AvgIpc) is 2.69. The number of unbranched alkanes of at least 4 members (excludes halogenated alkanes) is 7. The van der Waals surface area contributed by atoms with Crippen LogP contribution >= 0.6 is 0 Å². The fourth-order valence-corrected chi connectivity index (χ4v) is 3.15. The second-order valence-electron chi connectivity index (χ2n) is 8.42. The van der Waals surface area contributed by atoms with Gasteiger partial charge in [0.25, 0.3) is 0 Å². The number of carboxylic acid groups (broad SMARTS) is 1. The SMILES string of the molecule is CCCCC/C=C\C/C=C\C/C=C\CCCCCCC(=O)N[C@@H](CC(C)C)C(=O)O. The Morgan fingerprint density at radius 1 is 0.800 bits per heavy atom. The molecule has 0 saturated carbocycles. The van der Waals surface area contributed by atoms with Gasteiger partial charge >= 0.3 is 5.97 Å². The summed E-state index contributed by atoms with van der Waals surface area (Å²) in [7, 11) is 0. The van der Waals surface area contributed by atoms with Crippen LogP contribution in [-0.4, -0.2) is 23.0 Å². The molecule has 0 bridgehead atoms. The van der Waals surface area contributed by atoms with Crippen molar-refractivity contribution in [1.82, 2.24) is 5.32 Å². The van der Waals surface area contributed by atoms with Gasteiger partial charge in [-0.1, -0.05) is 82.9 Å². The standard InChI is InChI=1S/C26H45NO3/c1-4-5-6-7-8-9-10-11-12-13-14-15-16-17-18-19-20-21-25(28)27-24(26(29)30)22-23(2)3/h8-9,11-12,14-15,23-24H,4-7,10,13,16-22H2,1-3H3,(H,27,28)(H,29,30)/b9-8-,12-11-,15-14-/t24-/m0/s1. The molecule has 0 aromatic carbocycles. The van der Waals surface area contributed by atoms with Crippen LogP contribution < -0.4 is 5.32 Å². The number of carbonyl (C=O) groups excluding carboxylic acids is 1. The van der Waals surface area contributed by atoms with Gasteiger partial charge in [-0.25, -0.2) is 4.79 Å². The van der Waals surface area contributed by atoms with Crippen LogP contribution in [0.1, 0.15) is 104 Å². The highest BCUT2D eigenvalue weighted by atomic mass is 16.4. The molecule has 172 valence electrons. The molecule has 0 radical (unpaired) electrons. The summed E-state index contributed by atoms with van der Waals surface area (Å²) in [6.07, 6.45) is 26.6. The summed E-state index contributed by atoms with van der Waals surface area (Å²) in [6.45, 7) is 6.15. The lowest BCUT2D eigenvalue weighted by Crippen LogP contribution is -2.41. The predicted molar refractivity (Wildman–Crippen MR) is 128 cm³/mol. The molecule has 0 aromatic rings. The Morgan fingerprint density at radius 3 is 1.87 bits per heavy atom. The van der Waals surface area contributed by atoms with Gasteiger partial charge in [0.15, 0.2) is 0 Å². The molecule has 0 aliphatic rings. The van der Waals surface area contributed by atoms with E-state index in [4.69, 9.17) is 5.11 Å². The topological polar surface area (TPSA) is 66.4 Å². The van der Waals surface area contributed by atoms with E-state index < -0.39 is 12.0 Å². The molecule has 1 amide bonds. The minimum Gasteiger partial charge on any atom is -0.480 e. The first kappa shape index (κ1) is 28.2. The molecule has 1 atom stereocenters. The molecule has 2 N–H and O–H groups in total. The smallest absolute Gasteiger partial charge is 0.326 e. The molecule has 30 heavy (non-hydrogen) atoms. The Kier molecular flexibility index (Phi) is 19.2. The zero-order valence-electron chi connectivity index (χ0n) is 19.6. The van der Waals surface area contributed by atoms with Gasteiger partial charge in [0, 0.05) is 6.42 Å². The van der Waals surface area contributed by atoms with Crippen LogP contribution in [-0.2, 0) is 9.59 Å². The van der Waals surface area contributed by atoms with Gasteiger partial charge in [0.2, 0.25) is 5.91 Å². The van der Waals surface area contributed by atoms with Crippen molar-refractivity contribution >= 4 is 11.9 Å². The van der Waals surface area contributed by atoms with Crippen molar-refractivity contribution in [3.05, 3.63) is 36.5 Å². The van der Waals surface area contributed by atoms with Crippen LogP contribution in [0.2, 0.25) is 0 Å². The summed E-state index contributed by atoms with van der Waals surface area (Å²) >= 11 is 0. The Balaban J connectivity index is 3.61. The number of hydrogen-bond donors (Lipinski definition) is 2. The summed E-state index contributed by atoms with van der Waals surface area (Å²) in [5.74, 6) is -0.852. The second kappa shape index (κ2) is 20.4. The van der Waals surface area contributed by atoms with Crippen molar-refractivity contribution in [3.63, 3.8) is 0 Å². The quantitative estimate of drug-likeness (QED) is 0.175. The molecule has 0 fully saturated rings. The van der Waals surface area contributed by atoms with Crippen LogP contribution in [0.15, 0.2) is 36.5 Å². The fourth-order valence-electron chi connectivity index (χ4n) is 3.15. The lowest BCUT2D eigenvalue weighted by Gasteiger charge is -2.16. The molecular formula is C26H45NO3. The summed E-state index contributed by atoms with van der Waals surface area (Å²) in [6, 6.07) is -0.765. The molecule has 0 aliphatic heterocycles. The maximum atomic E-state index is 11.9. The number of carboxylic acids is 1. The number of amides is 1. The van der Waals surface area contributed by atoms with Crippen LogP contribution in [0.5, 0.6) is 0 Å². The summed E-state index contributed by atoms with van der Waals surface area (Å²) in [4.78, 5) is 23.1. The highest BCUT2D eigenvalue weighted by molar-refractivity contribution is 5.83. The summed E-state index contributed by atoms with van der Waals surface area (Å²) in [5, 5.41) is 11.8. The van der Waals surface area contributed by atoms with E-state index in [9.17, 15) is 9.59 Å². The van der Waals surface area contributed by atoms with E-state index in [2.05, 4.69) is 48.7 Å². The third kappa shape index (κ3) is 19.5. The van der Waals surface area contributed by atoms with E-state index in [1.807, 2.05) is 13.8 Å². The van der Waals surface area contributed by atoms with Crippen molar-refractivity contribution in [2.24, 2.45) is 5.92 Å². The van der Waals surface area contributed by atoms with E-state index in [-0.39, 0.29) is 11.8 Å². The zero-order valence-corrected chi connectivity index (χ0v) is 19.6. The Labute approximate surface area is 184 Å². The normalized spacial score (nSPS) is 13.1. The minimum atomic E-state index is -0.947. The maximum absolute atomic E-state index is 11.9. The average molecular weight is 420 g/mol. The van der Waals surface area contributed by atoms with Crippen LogP contribution in [0.3, 0.4) is 0 Å². The first-order valence-electron chi connectivity index (χ1n) is 11.9. The molecule has 0 saturated heterocycles. The molecule has 0 aromatic heterocycles. The number of rotatable bonds is 19. The van der Waals surface area contributed by atoms with Crippen molar-refractivity contribution in [3.8, 4) is 0 Å². The van der Waals surface area contributed by atoms with E-state index in [0.29, 0.717) is 12.8 Å². The molecule has 0 heterocycles. The first-order chi connectivity index (χ1) is 14.5. The van der Waals surface area contributed by atoms with E-state index in [0.717, 1.165) is 44.9 Å². The summed E-state index contributed by atoms with van der Waals surface area (Å²) in [5.41, 5.74) is 0. The molecule has 4 nitrogen and oxygen atoms in total. The number of allylic oxidation sites excluding steroid dienone is 6. The lowest BCUT2D eigenvalue weighted by atomic mass is 10.0. The maximum Gasteiger partial charge on any atom is 0.326 e. The van der Waals surface area contributed by atoms with E-state index in [1.54, 1.807) is 0 Å². The molecule has 0 rings (SSSR count). The van der Waals surface area contributed by atoms with E-state index >= 15 is 0 Å². The van der Waals surface area contributed by atoms with Gasteiger partial charge in [-0.2, -0.15) is 0 Å². The van der Waals surface area contributed by atoms with Crippen molar-refractivity contribution in [2.75, 3.05) is 0 Å². The fraction of sp³-hybridized carbons (Fsp3) is 0.692. The third-order valence-electron chi connectivity index (χ3n) is 4.88.